The van der Waals surface area contributed by atoms with E-state index in [0.717, 1.165) is 19.3 Å². The smallest absolute Gasteiger partial charge is 0.303 e. The average Bonchev–Trinajstić information content (AvgIpc) is 3.02. The van der Waals surface area contributed by atoms with Gasteiger partial charge >= 0.3 is 23.9 Å². The first-order chi connectivity index (χ1) is 16.1. The third kappa shape index (κ3) is 12.0. The minimum atomic E-state index is -0.824. The molecule has 0 radical (unpaired) electrons. The number of esters is 3. The van der Waals surface area contributed by atoms with Gasteiger partial charge in [0, 0.05) is 45.4 Å². The van der Waals surface area contributed by atoms with Gasteiger partial charge in [0.2, 0.25) is 0 Å². The maximum absolute atomic E-state index is 11.7. The van der Waals surface area contributed by atoms with Gasteiger partial charge in [0.25, 0.3) is 0 Å². The van der Waals surface area contributed by atoms with Crippen molar-refractivity contribution in [1.82, 2.24) is 0 Å². The third-order valence-electron chi connectivity index (χ3n) is 5.79. The molecule has 0 aromatic rings. The van der Waals surface area contributed by atoms with Crippen molar-refractivity contribution in [2.45, 2.75) is 104 Å². The van der Waals surface area contributed by atoms with E-state index in [1.54, 1.807) is 0 Å². The number of aliphatic carboxylic acids is 1. The first-order valence-corrected chi connectivity index (χ1v) is 12.2. The Balaban J connectivity index is 3.05. The molecule has 0 aliphatic heterocycles. The van der Waals surface area contributed by atoms with Gasteiger partial charge in [0.15, 0.2) is 0 Å². The number of carboxylic acids is 1. The Morgan fingerprint density at radius 1 is 0.941 bits per heavy atom. The fourth-order valence-corrected chi connectivity index (χ4v) is 4.35. The van der Waals surface area contributed by atoms with Gasteiger partial charge in [-0.05, 0) is 38.2 Å². The lowest BCUT2D eigenvalue weighted by Gasteiger charge is -2.23. The van der Waals surface area contributed by atoms with Crippen LogP contribution in [0.2, 0.25) is 0 Å². The van der Waals surface area contributed by atoms with Gasteiger partial charge in [0.05, 0.1) is 0 Å². The Bertz CT molecular complexity index is 726. The molecule has 0 saturated heterocycles. The fourth-order valence-electron chi connectivity index (χ4n) is 4.35. The standard InChI is InChI=1S/C26H40O8/c1-5-6-9-12-21(32-18(2)27)15-16-23-22(13-10-7-8-11-14-26(30)31)24(33-19(3)28)17-25(23)34-20(4)29/h7,10,15-16,21-25H,5-6,8-9,11-14,17H2,1-4H3,(H,30,31)/t21?,22-,23-,24?,25?/m1/s1. The van der Waals surface area contributed by atoms with Crippen molar-refractivity contribution in [2.24, 2.45) is 11.8 Å². The van der Waals surface area contributed by atoms with Crippen LogP contribution >= 0.6 is 0 Å². The maximum atomic E-state index is 11.7. The van der Waals surface area contributed by atoms with Gasteiger partial charge in [-0.3, -0.25) is 19.2 Å². The largest absolute Gasteiger partial charge is 0.481 e. The van der Waals surface area contributed by atoms with Gasteiger partial charge in [-0.2, -0.15) is 0 Å². The van der Waals surface area contributed by atoms with Crippen molar-refractivity contribution in [3.8, 4) is 0 Å². The van der Waals surface area contributed by atoms with E-state index in [9.17, 15) is 19.2 Å². The number of hydrogen-bond acceptors (Lipinski definition) is 7. The van der Waals surface area contributed by atoms with Crippen LogP contribution in [0.3, 0.4) is 0 Å². The Hall–Kier alpha value is -2.64. The van der Waals surface area contributed by atoms with Crippen molar-refractivity contribution in [3.63, 3.8) is 0 Å². The summed E-state index contributed by atoms with van der Waals surface area (Å²) in [5.74, 6) is -2.34. The van der Waals surface area contributed by atoms with Crippen LogP contribution in [0.4, 0.5) is 0 Å². The minimum absolute atomic E-state index is 0.110. The highest BCUT2D eigenvalue weighted by Crippen LogP contribution is 2.40. The van der Waals surface area contributed by atoms with E-state index < -0.39 is 30.1 Å². The second-order valence-electron chi connectivity index (χ2n) is 8.79. The highest BCUT2D eigenvalue weighted by Gasteiger charge is 2.45. The Kier molecular flexibility index (Phi) is 13.9. The summed E-state index contributed by atoms with van der Waals surface area (Å²) in [6.07, 6.45) is 12.4. The highest BCUT2D eigenvalue weighted by molar-refractivity contribution is 5.67. The molecule has 0 aromatic heterocycles. The van der Waals surface area contributed by atoms with Crippen molar-refractivity contribution in [2.75, 3.05) is 0 Å². The molecule has 1 fully saturated rings. The molecule has 1 saturated carbocycles. The molecule has 1 aliphatic rings. The SMILES string of the molecule is CCCCCC(C=C[C@H]1C(OC(C)=O)CC(OC(C)=O)[C@@H]1CC=CCCCC(=O)O)OC(C)=O. The summed E-state index contributed by atoms with van der Waals surface area (Å²) in [5.41, 5.74) is 0. The second-order valence-corrected chi connectivity index (χ2v) is 8.79. The van der Waals surface area contributed by atoms with Crippen LogP contribution in [0.25, 0.3) is 0 Å². The second kappa shape index (κ2) is 16.1. The number of allylic oxidation sites excluding steroid dienone is 2. The van der Waals surface area contributed by atoms with Crippen LogP contribution in [0.1, 0.15) is 85.5 Å². The van der Waals surface area contributed by atoms with Gasteiger partial charge in [0.1, 0.15) is 18.3 Å². The summed E-state index contributed by atoms with van der Waals surface area (Å²) in [4.78, 5) is 45.7. The number of hydrogen-bond donors (Lipinski definition) is 1. The first kappa shape index (κ1) is 29.4. The van der Waals surface area contributed by atoms with Crippen LogP contribution < -0.4 is 0 Å². The van der Waals surface area contributed by atoms with E-state index in [-0.39, 0.29) is 30.3 Å². The number of rotatable bonds is 15. The molecule has 0 spiro atoms. The van der Waals surface area contributed by atoms with Crippen LogP contribution in [-0.4, -0.2) is 47.3 Å². The topological polar surface area (TPSA) is 116 Å². The summed E-state index contributed by atoms with van der Waals surface area (Å²) in [6.45, 7) is 6.19. The molecular weight excluding hydrogens is 440 g/mol. The number of unbranched alkanes of at least 4 members (excludes halogenated alkanes) is 3. The number of carboxylic acid groups (broad SMARTS) is 1. The molecule has 34 heavy (non-hydrogen) atoms. The molecular formula is C26H40O8. The van der Waals surface area contributed by atoms with Crippen molar-refractivity contribution < 1.29 is 38.5 Å². The molecule has 8 nitrogen and oxygen atoms in total. The van der Waals surface area contributed by atoms with E-state index in [1.165, 1.54) is 20.8 Å². The lowest BCUT2D eigenvalue weighted by Crippen LogP contribution is -2.25. The highest BCUT2D eigenvalue weighted by atomic mass is 16.6. The van der Waals surface area contributed by atoms with Crippen LogP contribution in [0, 0.1) is 11.8 Å². The lowest BCUT2D eigenvalue weighted by molar-refractivity contribution is -0.149. The Morgan fingerprint density at radius 2 is 1.62 bits per heavy atom. The predicted octanol–water partition coefficient (Wildman–Crippen LogP) is 4.76. The molecule has 0 bridgehead atoms. The number of ether oxygens (including phenoxy) is 3. The van der Waals surface area contributed by atoms with E-state index in [4.69, 9.17) is 19.3 Å². The molecule has 3 unspecified atom stereocenters. The van der Waals surface area contributed by atoms with E-state index in [1.807, 2.05) is 24.3 Å². The molecule has 5 atom stereocenters. The zero-order chi connectivity index (χ0) is 25.5. The summed E-state index contributed by atoms with van der Waals surface area (Å²) in [6, 6.07) is 0. The van der Waals surface area contributed by atoms with Crippen molar-refractivity contribution >= 4 is 23.9 Å². The molecule has 0 amide bonds. The molecule has 192 valence electrons. The van der Waals surface area contributed by atoms with Gasteiger partial charge < -0.3 is 19.3 Å². The lowest BCUT2D eigenvalue weighted by atomic mass is 9.89. The summed E-state index contributed by atoms with van der Waals surface area (Å²) >= 11 is 0. The monoisotopic (exact) mass is 480 g/mol. The van der Waals surface area contributed by atoms with E-state index in [0.29, 0.717) is 32.1 Å². The van der Waals surface area contributed by atoms with Crippen LogP contribution in [0.5, 0.6) is 0 Å². The first-order valence-electron chi connectivity index (χ1n) is 12.2. The van der Waals surface area contributed by atoms with Gasteiger partial charge in [-0.25, -0.2) is 0 Å². The summed E-state index contributed by atoms with van der Waals surface area (Å²) < 4.78 is 16.6. The number of carbonyl (C=O) groups excluding carboxylic acids is 3. The zero-order valence-electron chi connectivity index (χ0n) is 20.9. The molecule has 1 aliphatic carbocycles. The quantitative estimate of drug-likeness (QED) is 0.154. The minimum Gasteiger partial charge on any atom is -0.481 e. The van der Waals surface area contributed by atoms with E-state index >= 15 is 0 Å². The Morgan fingerprint density at radius 3 is 2.21 bits per heavy atom. The third-order valence-corrected chi connectivity index (χ3v) is 5.79. The molecule has 8 heteroatoms. The summed E-state index contributed by atoms with van der Waals surface area (Å²) in [5, 5.41) is 8.77. The van der Waals surface area contributed by atoms with Gasteiger partial charge in [-0.1, -0.05) is 38.0 Å². The van der Waals surface area contributed by atoms with Crippen molar-refractivity contribution in [1.29, 1.82) is 0 Å². The van der Waals surface area contributed by atoms with Crippen molar-refractivity contribution in [3.05, 3.63) is 24.3 Å². The molecule has 0 aromatic carbocycles. The van der Waals surface area contributed by atoms with E-state index in [2.05, 4.69) is 6.92 Å². The summed E-state index contributed by atoms with van der Waals surface area (Å²) in [7, 11) is 0. The zero-order valence-corrected chi connectivity index (χ0v) is 20.9. The molecule has 1 rings (SSSR count). The van der Waals surface area contributed by atoms with Crippen LogP contribution in [0.15, 0.2) is 24.3 Å². The molecule has 0 heterocycles. The normalized spacial score (nSPS) is 23.2. The fraction of sp³-hybridized carbons (Fsp3) is 0.692. The average molecular weight is 481 g/mol. The predicted molar refractivity (Wildman–Crippen MR) is 127 cm³/mol. The maximum Gasteiger partial charge on any atom is 0.303 e. The Labute approximate surface area is 202 Å². The number of carbonyl (C=O) groups is 4. The molecule has 1 N–H and O–H groups in total. The van der Waals surface area contributed by atoms with Gasteiger partial charge in [-0.15, -0.1) is 0 Å². The van der Waals surface area contributed by atoms with Crippen LogP contribution in [-0.2, 0) is 33.4 Å².